The summed E-state index contributed by atoms with van der Waals surface area (Å²) in [7, 11) is 0. The second-order valence-corrected chi connectivity index (χ2v) is 10.9. The smallest absolute Gasteiger partial charge is 0.305 e. The highest BCUT2D eigenvalue weighted by atomic mass is 35.5. The number of nitrogens with zero attached hydrogens (tertiary/aromatic N) is 1. The molecular formula is C33H35ClN2O5. The van der Waals surface area contributed by atoms with Gasteiger partial charge in [-0.15, -0.1) is 0 Å². The minimum atomic E-state index is -1.16. The second-order valence-electron chi connectivity index (χ2n) is 10.4. The number of rotatable bonds is 12. The van der Waals surface area contributed by atoms with Gasteiger partial charge in [-0.1, -0.05) is 86.1 Å². The molecule has 0 spiro atoms. The fourth-order valence-electron chi connectivity index (χ4n) is 5.23. The number of anilines is 1. The summed E-state index contributed by atoms with van der Waals surface area (Å²) in [5.74, 6) is -1.45. The van der Waals surface area contributed by atoms with Gasteiger partial charge < -0.3 is 25.2 Å². The highest BCUT2D eigenvalue weighted by molar-refractivity contribution is 6.30. The molecule has 1 heterocycles. The van der Waals surface area contributed by atoms with E-state index in [-0.39, 0.29) is 24.7 Å². The molecule has 0 saturated carbocycles. The lowest BCUT2D eigenvalue weighted by molar-refractivity contribution is -0.139. The van der Waals surface area contributed by atoms with Crippen molar-refractivity contribution in [3.05, 3.63) is 101 Å². The molecule has 4 N–H and O–H groups in total. The van der Waals surface area contributed by atoms with Crippen LogP contribution in [0.1, 0.15) is 55.1 Å². The highest BCUT2D eigenvalue weighted by Gasteiger charge is 2.31. The van der Waals surface area contributed by atoms with E-state index in [2.05, 4.69) is 9.88 Å². The number of hydrogen-bond donors (Lipinski definition) is 4. The van der Waals surface area contributed by atoms with E-state index in [1.165, 1.54) is 0 Å². The maximum absolute atomic E-state index is 14.1. The van der Waals surface area contributed by atoms with Gasteiger partial charge in [0.1, 0.15) is 0 Å². The Bertz CT molecular complexity index is 1480. The molecule has 1 aromatic heterocycles. The molecule has 0 bridgehead atoms. The van der Waals surface area contributed by atoms with Gasteiger partial charge in [0.2, 0.25) is 0 Å². The van der Waals surface area contributed by atoms with Gasteiger partial charge >= 0.3 is 5.97 Å². The van der Waals surface area contributed by atoms with Gasteiger partial charge in [0, 0.05) is 34.1 Å². The molecule has 214 valence electrons. The normalized spacial score (nSPS) is 12.7. The van der Waals surface area contributed by atoms with E-state index in [4.69, 9.17) is 16.7 Å². The van der Waals surface area contributed by atoms with Crippen molar-refractivity contribution in [2.24, 2.45) is 0 Å². The Morgan fingerprint density at radius 2 is 1.51 bits per heavy atom. The van der Waals surface area contributed by atoms with Crippen LogP contribution in [0.3, 0.4) is 0 Å². The Hall–Kier alpha value is -3.91. The van der Waals surface area contributed by atoms with Crippen molar-refractivity contribution < 1.29 is 24.9 Å². The Morgan fingerprint density at radius 1 is 0.878 bits per heavy atom. The number of carboxylic acids is 1. The van der Waals surface area contributed by atoms with Crippen molar-refractivity contribution >= 4 is 29.2 Å². The number of aromatic nitrogens is 1. The maximum Gasteiger partial charge on any atom is 0.305 e. The zero-order valence-corrected chi connectivity index (χ0v) is 23.9. The predicted octanol–water partition coefficient (Wildman–Crippen LogP) is 6.83. The summed E-state index contributed by atoms with van der Waals surface area (Å²) in [6.45, 7) is 4.37. The Morgan fingerprint density at radius 3 is 2.12 bits per heavy atom. The van der Waals surface area contributed by atoms with Crippen molar-refractivity contribution in [3.8, 4) is 22.4 Å². The minimum absolute atomic E-state index is 0.0655. The SMILES string of the molecule is CC(C)c1c(C(=O)Nc2ccccc2)c(-c2ccccc2)c(-c2cccc(Cl)c2)n1CCC(O)CC(O)CC(=O)O. The van der Waals surface area contributed by atoms with Crippen LogP contribution in [-0.4, -0.2) is 44.0 Å². The number of nitrogens with one attached hydrogen (secondary N) is 1. The number of halogens is 1. The standard InChI is InChI=1S/C33H35ClN2O5/c1-21(2)31-30(33(41)35-25-14-7-4-8-15-25)29(22-10-5-3-6-11-22)32(23-12-9-13-24(34)18-23)36(31)17-16-26(37)19-27(38)20-28(39)40/h3-15,18,21,26-27,37-38H,16-17,19-20H2,1-2H3,(H,35,41)(H,39,40). The Labute approximate surface area is 245 Å². The van der Waals surface area contributed by atoms with Gasteiger partial charge in [-0.3, -0.25) is 9.59 Å². The van der Waals surface area contributed by atoms with Gasteiger partial charge in [0.25, 0.3) is 5.91 Å². The second kappa shape index (κ2) is 13.6. The quantitative estimate of drug-likeness (QED) is 0.148. The van der Waals surface area contributed by atoms with E-state index in [9.17, 15) is 19.8 Å². The third-order valence-electron chi connectivity index (χ3n) is 6.91. The number of amides is 1. The third kappa shape index (κ3) is 7.44. The number of aliphatic hydroxyl groups is 2. The summed E-state index contributed by atoms with van der Waals surface area (Å²) in [6.07, 6.45) is -2.36. The van der Waals surface area contributed by atoms with Crippen LogP contribution in [-0.2, 0) is 11.3 Å². The van der Waals surface area contributed by atoms with Crippen LogP contribution in [0.25, 0.3) is 22.4 Å². The molecule has 0 fully saturated rings. The first kappa shape index (κ1) is 30.1. The number of benzene rings is 3. The molecule has 2 atom stereocenters. The van der Waals surface area contributed by atoms with Crippen LogP contribution >= 0.6 is 11.6 Å². The van der Waals surface area contributed by atoms with E-state index >= 15 is 0 Å². The lowest BCUT2D eigenvalue weighted by atomic mass is 9.94. The first-order valence-electron chi connectivity index (χ1n) is 13.7. The van der Waals surface area contributed by atoms with Crippen molar-refractivity contribution in [1.82, 2.24) is 4.57 Å². The van der Waals surface area contributed by atoms with E-state index < -0.39 is 24.6 Å². The zero-order chi connectivity index (χ0) is 29.5. The lowest BCUT2D eigenvalue weighted by Crippen LogP contribution is -2.22. The molecule has 0 aliphatic rings. The highest BCUT2D eigenvalue weighted by Crippen LogP contribution is 2.43. The molecule has 3 aromatic carbocycles. The third-order valence-corrected chi connectivity index (χ3v) is 7.15. The van der Waals surface area contributed by atoms with Crippen molar-refractivity contribution in [2.75, 3.05) is 5.32 Å². The number of carbonyl (C=O) groups excluding carboxylic acids is 1. The molecule has 7 nitrogen and oxygen atoms in total. The van der Waals surface area contributed by atoms with Crippen LogP contribution in [0, 0.1) is 0 Å². The molecule has 41 heavy (non-hydrogen) atoms. The van der Waals surface area contributed by atoms with Gasteiger partial charge in [-0.05, 0) is 48.6 Å². The summed E-state index contributed by atoms with van der Waals surface area (Å²) in [5.41, 5.74) is 5.22. The largest absolute Gasteiger partial charge is 0.481 e. The number of hydrogen-bond acceptors (Lipinski definition) is 4. The molecule has 2 unspecified atom stereocenters. The number of aliphatic hydroxyl groups excluding tert-OH is 2. The zero-order valence-electron chi connectivity index (χ0n) is 23.1. The molecule has 4 aromatic rings. The molecule has 0 aliphatic heterocycles. The maximum atomic E-state index is 14.1. The first-order valence-corrected chi connectivity index (χ1v) is 14.1. The molecule has 8 heteroatoms. The van der Waals surface area contributed by atoms with E-state index in [1.807, 2.05) is 92.7 Å². The summed E-state index contributed by atoms with van der Waals surface area (Å²) in [4.78, 5) is 25.1. The molecule has 0 radical (unpaired) electrons. The summed E-state index contributed by atoms with van der Waals surface area (Å²) in [5, 5.41) is 33.4. The van der Waals surface area contributed by atoms with E-state index in [1.54, 1.807) is 6.07 Å². The van der Waals surface area contributed by atoms with E-state index in [0.29, 0.717) is 22.8 Å². The predicted molar refractivity (Wildman–Crippen MR) is 162 cm³/mol. The molecule has 0 saturated heterocycles. The number of carboxylic acid groups (broad SMARTS) is 1. The van der Waals surface area contributed by atoms with Crippen molar-refractivity contribution in [2.45, 2.75) is 57.8 Å². The van der Waals surface area contributed by atoms with E-state index in [0.717, 1.165) is 28.1 Å². The van der Waals surface area contributed by atoms with Crippen LogP contribution < -0.4 is 5.32 Å². The van der Waals surface area contributed by atoms with Gasteiger partial charge in [0.15, 0.2) is 0 Å². The topological polar surface area (TPSA) is 112 Å². The first-order chi connectivity index (χ1) is 19.7. The van der Waals surface area contributed by atoms with Crippen LogP contribution in [0.15, 0.2) is 84.9 Å². The minimum Gasteiger partial charge on any atom is -0.481 e. The summed E-state index contributed by atoms with van der Waals surface area (Å²) in [6, 6.07) is 26.4. The van der Waals surface area contributed by atoms with Crippen molar-refractivity contribution in [1.29, 1.82) is 0 Å². The van der Waals surface area contributed by atoms with Crippen molar-refractivity contribution in [3.63, 3.8) is 0 Å². The lowest BCUT2D eigenvalue weighted by Gasteiger charge is -2.20. The fourth-order valence-corrected chi connectivity index (χ4v) is 5.42. The summed E-state index contributed by atoms with van der Waals surface area (Å²) < 4.78 is 2.06. The fraction of sp³-hybridized carbons (Fsp3) is 0.273. The average molecular weight is 575 g/mol. The Kier molecular flexibility index (Phi) is 10.00. The van der Waals surface area contributed by atoms with Crippen LogP contribution in [0.4, 0.5) is 5.69 Å². The summed E-state index contributed by atoms with van der Waals surface area (Å²) >= 11 is 6.45. The molecule has 1 amide bonds. The number of aliphatic carboxylic acids is 1. The molecule has 4 rings (SSSR count). The van der Waals surface area contributed by atoms with Crippen LogP contribution in [0.5, 0.6) is 0 Å². The number of para-hydroxylation sites is 1. The Balaban J connectivity index is 1.90. The average Bonchev–Trinajstić information content (AvgIpc) is 3.28. The molecule has 0 aliphatic carbocycles. The van der Waals surface area contributed by atoms with Gasteiger partial charge in [0.05, 0.1) is 29.9 Å². The van der Waals surface area contributed by atoms with Crippen LogP contribution in [0.2, 0.25) is 5.02 Å². The van der Waals surface area contributed by atoms with Gasteiger partial charge in [-0.25, -0.2) is 0 Å². The monoisotopic (exact) mass is 574 g/mol. The number of carbonyl (C=O) groups is 2. The molecular weight excluding hydrogens is 540 g/mol. The van der Waals surface area contributed by atoms with Gasteiger partial charge in [-0.2, -0.15) is 0 Å².